The van der Waals surface area contributed by atoms with Gasteiger partial charge in [-0.15, -0.1) is 11.3 Å². The topological polar surface area (TPSA) is 59.2 Å². The van der Waals surface area contributed by atoms with Crippen molar-refractivity contribution in [1.29, 1.82) is 0 Å². The fourth-order valence-electron chi connectivity index (χ4n) is 3.37. The van der Waals surface area contributed by atoms with Gasteiger partial charge in [-0.25, -0.2) is 4.98 Å². The Kier molecular flexibility index (Phi) is 5.28. The van der Waals surface area contributed by atoms with Gasteiger partial charge in [-0.3, -0.25) is 4.79 Å². The predicted octanol–water partition coefficient (Wildman–Crippen LogP) is 3.35. The number of nitrogens with zero attached hydrogens (tertiary/aromatic N) is 2. The van der Waals surface area contributed by atoms with Crippen LogP contribution < -0.4 is 5.73 Å². The first-order valence-electron chi connectivity index (χ1n) is 8.54. The second kappa shape index (κ2) is 7.41. The van der Waals surface area contributed by atoms with E-state index in [2.05, 4.69) is 11.1 Å². The lowest BCUT2D eigenvalue weighted by molar-refractivity contribution is -0.135. The van der Waals surface area contributed by atoms with Gasteiger partial charge >= 0.3 is 0 Å². The number of aromatic nitrogens is 1. The molecule has 0 saturated carbocycles. The first-order chi connectivity index (χ1) is 11.1. The highest BCUT2D eigenvalue weighted by Crippen LogP contribution is 2.24. The largest absolute Gasteiger partial charge is 0.338 e. The van der Waals surface area contributed by atoms with Crippen LogP contribution in [0.3, 0.4) is 0 Å². The summed E-state index contributed by atoms with van der Waals surface area (Å²) in [4.78, 5) is 19.2. The molecule has 5 heteroatoms. The number of hydrogen-bond donors (Lipinski definition) is 1. The van der Waals surface area contributed by atoms with Crippen molar-refractivity contribution in [2.75, 3.05) is 6.54 Å². The molecule has 0 aliphatic carbocycles. The van der Waals surface area contributed by atoms with Crippen molar-refractivity contribution < 1.29 is 4.79 Å². The maximum atomic E-state index is 12.5. The smallest absolute Gasteiger partial charge is 0.222 e. The molecule has 1 aromatic heterocycles. The molecule has 1 saturated heterocycles. The van der Waals surface area contributed by atoms with E-state index in [1.165, 1.54) is 11.1 Å². The molecule has 124 valence electrons. The Labute approximate surface area is 141 Å². The molecule has 2 atom stereocenters. The van der Waals surface area contributed by atoms with Gasteiger partial charge in [0.15, 0.2) is 0 Å². The third-order valence-electron chi connectivity index (χ3n) is 4.60. The summed E-state index contributed by atoms with van der Waals surface area (Å²) in [5.74, 6) is 0.258. The maximum absolute atomic E-state index is 12.5. The molecule has 0 bridgehead atoms. The van der Waals surface area contributed by atoms with Gasteiger partial charge in [0.25, 0.3) is 0 Å². The van der Waals surface area contributed by atoms with Crippen LogP contribution in [-0.4, -0.2) is 34.4 Å². The number of carbonyl (C=O) groups excluding carboxylic acids is 1. The van der Waals surface area contributed by atoms with E-state index in [0.29, 0.717) is 6.42 Å². The van der Waals surface area contributed by atoms with Crippen LogP contribution in [0.1, 0.15) is 44.0 Å². The number of piperidine rings is 1. The molecule has 1 fully saturated rings. The molecular formula is C18H25N3OS. The fraction of sp³-hybridized carbons (Fsp3) is 0.556. The summed E-state index contributed by atoms with van der Waals surface area (Å²) < 4.78 is 1.22. The van der Waals surface area contributed by atoms with Crippen molar-refractivity contribution in [3.63, 3.8) is 0 Å². The van der Waals surface area contributed by atoms with Gasteiger partial charge < -0.3 is 10.6 Å². The van der Waals surface area contributed by atoms with Crippen molar-refractivity contribution >= 4 is 27.5 Å². The van der Waals surface area contributed by atoms with Gasteiger partial charge in [-0.05, 0) is 51.2 Å². The summed E-state index contributed by atoms with van der Waals surface area (Å²) in [6.45, 7) is 2.88. The number of benzene rings is 1. The molecule has 2 aromatic rings. The zero-order chi connectivity index (χ0) is 16.2. The minimum absolute atomic E-state index is 0.0588. The number of para-hydroxylation sites is 1. The molecular weight excluding hydrogens is 306 g/mol. The summed E-state index contributed by atoms with van der Waals surface area (Å²) in [6.07, 6.45) is 5.66. The summed E-state index contributed by atoms with van der Waals surface area (Å²) in [5.41, 5.74) is 7.12. The van der Waals surface area contributed by atoms with Crippen molar-refractivity contribution in [3.8, 4) is 0 Å². The second-order valence-corrected chi connectivity index (χ2v) is 7.55. The minimum atomic E-state index is 0.0588. The number of rotatable bonds is 5. The molecule has 23 heavy (non-hydrogen) atoms. The number of likely N-dealkylation sites (tertiary alicyclic amines) is 1. The van der Waals surface area contributed by atoms with E-state index in [0.717, 1.165) is 42.8 Å². The highest BCUT2D eigenvalue weighted by Gasteiger charge is 2.28. The summed E-state index contributed by atoms with van der Waals surface area (Å²) in [7, 11) is 0. The van der Waals surface area contributed by atoms with Crippen LogP contribution in [-0.2, 0) is 11.2 Å². The van der Waals surface area contributed by atoms with Crippen LogP contribution in [0.2, 0.25) is 0 Å². The van der Waals surface area contributed by atoms with Crippen LogP contribution in [0.4, 0.5) is 0 Å². The van der Waals surface area contributed by atoms with Crippen molar-refractivity contribution in [3.05, 3.63) is 29.3 Å². The minimum Gasteiger partial charge on any atom is -0.338 e. The molecule has 2 unspecified atom stereocenters. The molecule has 3 rings (SSSR count). The lowest BCUT2D eigenvalue weighted by Crippen LogP contribution is -2.51. The molecule has 2 N–H and O–H groups in total. The average molecular weight is 331 g/mol. The van der Waals surface area contributed by atoms with Crippen LogP contribution in [0.15, 0.2) is 24.3 Å². The van der Waals surface area contributed by atoms with Crippen LogP contribution >= 0.6 is 11.3 Å². The van der Waals surface area contributed by atoms with E-state index in [4.69, 9.17) is 5.73 Å². The molecule has 1 amide bonds. The van der Waals surface area contributed by atoms with Crippen molar-refractivity contribution in [2.45, 2.75) is 57.5 Å². The Morgan fingerprint density at radius 2 is 2.26 bits per heavy atom. The standard InChI is InChI=1S/C18H25N3OS/c1-13(19)15-8-4-5-12-21(15)18(22)11-6-10-17-20-14-7-2-3-9-16(14)23-17/h2-3,7,9,13,15H,4-6,8,10-12,19H2,1H3. The van der Waals surface area contributed by atoms with E-state index < -0.39 is 0 Å². The second-order valence-electron chi connectivity index (χ2n) is 6.44. The highest BCUT2D eigenvalue weighted by molar-refractivity contribution is 7.18. The van der Waals surface area contributed by atoms with E-state index in [1.54, 1.807) is 11.3 Å². The molecule has 4 nitrogen and oxygen atoms in total. The zero-order valence-electron chi connectivity index (χ0n) is 13.7. The van der Waals surface area contributed by atoms with Gasteiger partial charge in [0.1, 0.15) is 0 Å². The van der Waals surface area contributed by atoms with Gasteiger partial charge in [-0.1, -0.05) is 12.1 Å². The summed E-state index contributed by atoms with van der Waals surface area (Å²) in [5, 5.41) is 1.13. The average Bonchev–Trinajstić information content (AvgIpc) is 2.97. The molecule has 1 aromatic carbocycles. The Hall–Kier alpha value is -1.46. The third kappa shape index (κ3) is 3.90. The Bertz CT molecular complexity index is 634. The first kappa shape index (κ1) is 16.4. The number of amides is 1. The lowest BCUT2D eigenvalue weighted by atomic mass is 9.96. The van der Waals surface area contributed by atoms with Gasteiger partial charge in [-0.2, -0.15) is 0 Å². The van der Waals surface area contributed by atoms with Gasteiger partial charge in [0, 0.05) is 25.0 Å². The van der Waals surface area contributed by atoms with Gasteiger partial charge in [0.2, 0.25) is 5.91 Å². The van der Waals surface area contributed by atoms with Crippen LogP contribution in [0, 0.1) is 0 Å². The molecule has 0 spiro atoms. The van der Waals surface area contributed by atoms with Crippen molar-refractivity contribution in [2.24, 2.45) is 5.73 Å². The Balaban J connectivity index is 1.54. The highest BCUT2D eigenvalue weighted by atomic mass is 32.1. The van der Waals surface area contributed by atoms with E-state index in [9.17, 15) is 4.79 Å². The number of fused-ring (bicyclic) bond motifs is 1. The number of aryl methyl sites for hydroxylation is 1. The molecule has 0 radical (unpaired) electrons. The van der Waals surface area contributed by atoms with E-state index >= 15 is 0 Å². The SMILES string of the molecule is CC(N)C1CCCCN1C(=O)CCCc1nc2ccccc2s1. The van der Waals surface area contributed by atoms with Crippen LogP contribution in [0.25, 0.3) is 10.2 Å². The first-order valence-corrected chi connectivity index (χ1v) is 9.36. The van der Waals surface area contributed by atoms with E-state index in [-0.39, 0.29) is 18.0 Å². The molecule has 1 aliphatic rings. The summed E-state index contributed by atoms with van der Waals surface area (Å²) in [6, 6.07) is 8.48. The quantitative estimate of drug-likeness (QED) is 0.914. The number of carbonyl (C=O) groups is 1. The van der Waals surface area contributed by atoms with E-state index in [1.807, 2.05) is 30.0 Å². The number of thiazole rings is 1. The monoisotopic (exact) mass is 331 g/mol. The van der Waals surface area contributed by atoms with Gasteiger partial charge in [0.05, 0.1) is 15.2 Å². The lowest BCUT2D eigenvalue weighted by Gasteiger charge is -2.38. The Morgan fingerprint density at radius 1 is 1.43 bits per heavy atom. The number of hydrogen-bond acceptors (Lipinski definition) is 4. The normalized spacial score (nSPS) is 19.9. The predicted molar refractivity (Wildman–Crippen MR) is 95.6 cm³/mol. The molecule has 2 heterocycles. The third-order valence-corrected chi connectivity index (χ3v) is 5.69. The Morgan fingerprint density at radius 3 is 3.04 bits per heavy atom. The zero-order valence-corrected chi connectivity index (χ0v) is 14.5. The number of nitrogens with two attached hydrogens (primary N) is 1. The summed E-state index contributed by atoms with van der Waals surface area (Å²) >= 11 is 1.73. The molecule has 1 aliphatic heterocycles. The van der Waals surface area contributed by atoms with Crippen LogP contribution in [0.5, 0.6) is 0 Å². The fourth-order valence-corrected chi connectivity index (χ4v) is 4.38. The van der Waals surface area contributed by atoms with Crippen molar-refractivity contribution in [1.82, 2.24) is 9.88 Å². The maximum Gasteiger partial charge on any atom is 0.222 e.